The van der Waals surface area contributed by atoms with Gasteiger partial charge in [-0.2, -0.15) is 0 Å². The van der Waals surface area contributed by atoms with Crippen molar-refractivity contribution in [2.45, 2.75) is 50.7 Å². The fourth-order valence-electron chi connectivity index (χ4n) is 4.11. The maximum absolute atomic E-state index is 9.60. The van der Waals surface area contributed by atoms with Crippen LogP contribution in [0.5, 0.6) is 5.75 Å². The van der Waals surface area contributed by atoms with Gasteiger partial charge >= 0.3 is 0 Å². The lowest BCUT2D eigenvalue weighted by atomic mass is 10.0. The Labute approximate surface area is 133 Å². The van der Waals surface area contributed by atoms with E-state index in [1.165, 1.54) is 25.7 Å². The molecule has 4 nitrogen and oxygen atoms in total. The van der Waals surface area contributed by atoms with E-state index in [-0.39, 0.29) is 6.61 Å². The highest BCUT2D eigenvalue weighted by Crippen LogP contribution is 2.28. The van der Waals surface area contributed by atoms with E-state index in [2.05, 4.69) is 15.9 Å². The molecule has 0 bridgehead atoms. The van der Waals surface area contributed by atoms with Crippen LogP contribution in [0.25, 0.3) is 0 Å². The average molecular weight is 304 g/mol. The predicted molar refractivity (Wildman–Crippen MR) is 87.8 cm³/mol. The minimum absolute atomic E-state index is 0.272. The maximum atomic E-state index is 9.60. The molecule has 2 N–H and O–H groups in total. The third-order valence-electron chi connectivity index (χ3n) is 5.19. The standard InChI is InChI=1S/C18H28N2O2/c21-11-8-17-14-19(13-15-4-3-7-18(22)12-15)9-10-20(17)16-5-1-2-6-16/h3-4,7,12,16-17,21-22H,1-2,5-6,8-11,13-14H2/t17-/m0/s1. The highest BCUT2D eigenvalue weighted by molar-refractivity contribution is 5.27. The summed E-state index contributed by atoms with van der Waals surface area (Å²) in [7, 11) is 0. The lowest BCUT2D eigenvalue weighted by Crippen LogP contribution is -2.55. The molecule has 0 radical (unpaired) electrons. The van der Waals surface area contributed by atoms with E-state index in [0.717, 1.165) is 44.2 Å². The molecule has 0 aromatic heterocycles. The topological polar surface area (TPSA) is 46.9 Å². The number of aliphatic hydroxyl groups excluding tert-OH is 1. The van der Waals surface area contributed by atoms with Crippen molar-refractivity contribution in [1.29, 1.82) is 0 Å². The Balaban J connectivity index is 1.61. The predicted octanol–water partition coefficient (Wildman–Crippen LogP) is 2.20. The number of hydrogen-bond acceptors (Lipinski definition) is 4. The number of aromatic hydroxyl groups is 1. The van der Waals surface area contributed by atoms with Gasteiger partial charge in [0.25, 0.3) is 0 Å². The third-order valence-corrected chi connectivity index (χ3v) is 5.19. The highest BCUT2D eigenvalue weighted by Gasteiger charge is 2.32. The molecule has 1 aromatic rings. The quantitative estimate of drug-likeness (QED) is 0.875. The van der Waals surface area contributed by atoms with E-state index in [1.807, 2.05) is 12.1 Å². The number of benzene rings is 1. The Hall–Kier alpha value is -1.10. The molecule has 2 aliphatic rings. The Morgan fingerprint density at radius 2 is 1.95 bits per heavy atom. The smallest absolute Gasteiger partial charge is 0.115 e. The second kappa shape index (κ2) is 7.44. The molecule has 1 aromatic carbocycles. The lowest BCUT2D eigenvalue weighted by Gasteiger charge is -2.44. The molecule has 22 heavy (non-hydrogen) atoms. The van der Waals surface area contributed by atoms with E-state index in [0.29, 0.717) is 11.8 Å². The van der Waals surface area contributed by atoms with Gasteiger partial charge in [-0.15, -0.1) is 0 Å². The van der Waals surface area contributed by atoms with Crippen molar-refractivity contribution in [3.05, 3.63) is 29.8 Å². The van der Waals surface area contributed by atoms with Crippen LogP contribution in [0.3, 0.4) is 0 Å². The summed E-state index contributed by atoms with van der Waals surface area (Å²) in [5.74, 6) is 0.342. The molecular weight excluding hydrogens is 276 g/mol. The van der Waals surface area contributed by atoms with Crippen LogP contribution >= 0.6 is 0 Å². The van der Waals surface area contributed by atoms with E-state index in [1.54, 1.807) is 6.07 Å². The van der Waals surface area contributed by atoms with Gasteiger partial charge in [0.2, 0.25) is 0 Å². The Bertz CT molecular complexity index is 474. The molecular formula is C18H28N2O2. The van der Waals surface area contributed by atoms with E-state index < -0.39 is 0 Å². The van der Waals surface area contributed by atoms with Crippen LogP contribution < -0.4 is 0 Å². The van der Waals surface area contributed by atoms with Gasteiger partial charge < -0.3 is 10.2 Å². The molecule has 1 saturated heterocycles. The summed E-state index contributed by atoms with van der Waals surface area (Å²) in [6.07, 6.45) is 6.25. The number of phenolic OH excluding ortho intramolecular Hbond substituents is 1. The number of hydrogen-bond donors (Lipinski definition) is 2. The summed E-state index contributed by atoms with van der Waals surface area (Å²) in [6.45, 7) is 4.36. The van der Waals surface area contributed by atoms with Gasteiger partial charge in [0.15, 0.2) is 0 Å². The number of aliphatic hydroxyl groups is 1. The molecule has 0 unspecified atom stereocenters. The molecule has 1 saturated carbocycles. The first-order chi connectivity index (χ1) is 10.8. The normalized spacial score (nSPS) is 24.9. The average Bonchev–Trinajstić information content (AvgIpc) is 3.02. The summed E-state index contributed by atoms with van der Waals surface area (Å²) in [6, 6.07) is 8.76. The van der Waals surface area contributed by atoms with Gasteiger partial charge in [-0.25, -0.2) is 0 Å². The zero-order valence-electron chi connectivity index (χ0n) is 13.3. The molecule has 4 heteroatoms. The molecule has 1 atom stereocenters. The largest absolute Gasteiger partial charge is 0.508 e. The monoisotopic (exact) mass is 304 g/mol. The molecule has 0 spiro atoms. The van der Waals surface area contributed by atoms with Gasteiger partial charge in [-0.3, -0.25) is 9.80 Å². The van der Waals surface area contributed by atoms with Crippen molar-refractivity contribution in [3.63, 3.8) is 0 Å². The summed E-state index contributed by atoms with van der Waals surface area (Å²) < 4.78 is 0. The van der Waals surface area contributed by atoms with Gasteiger partial charge in [0.05, 0.1) is 0 Å². The molecule has 122 valence electrons. The third kappa shape index (κ3) is 3.80. The van der Waals surface area contributed by atoms with E-state index in [9.17, 15) is 10.2 Å². The van der Waals surface area contributed by atoms with Gasteiger partial charge in [0.1, 0.15) is 5.75 Å². The van der Waals surface area contributed by atoms with Gasteiger partial charge in [-0.05, 0) is 37.0 Å². The first-order valence-electron chi connectivity index (χ1n) is 8.63. The fraction of sp³-hybridized carbons (Fsp3) is 0.667. The van der Waals surface area contributed by atoms with Gasteiger partial charge in [-0.1, -0.05) is 25.0 Å². The van der Waals surface area contributed by atoms with Crippen LogP contribution in [0, 0.1) is 0 Å². The van der Waals surface area contributed by atoms with E-state index >= 15 is 0 Å². The van der Waals surface area contributed by atoms with Crippen LogP contribution in [0.1, 0.15) is 37.7 Å². The van der Waals surface area contributed by atoms with Crippen LogP contribution in [-0.4, -0.2) is 58.3 Å². The first kappa shape index (κ1) is 15.8. The van der Waals surface area contributed by atoms with Crippen LogP contribution in [-0.2, 0) is 6.54 Å². The van der Waals surface area contributed by atoms with Crippen LogP contribution in [0.15, 0.2) is 24.3 Å². The summed E-state index contributed by atoms with van der Waals surface area (Å²) in [5.41, 5.74) is 1.16. The number of piperazine rings is 1. The van der Waals surface area contributed by atoms with Crippen molar-refractivity contribution >= 4 is 0 Å². The fourth-order valence-corrected chi connectivity index (χ4v) is 4.11. The van der Waals surface area contributed by atoms with Crippen molar-refractivity contribution < 1.29 is 10.2 Å². The zero-order valence-corrected chi connectivity index (χ0v) is 13.3. The zero-order chi connectivity index (χ0) is 15.4. The SMILES string of the molecule is OCC[C@H]1CN(Cc2cccc(O)c2)CCN1C1CCCC1. The Morgan fingerprint density at radius 1 is 1.14 bits per heavy atom. The summed E-state index contributed by atoms with van der Waals surface area (Å²) >= 11 is 0. The highest BCUT2D eigenvalue weighted by atomic mass is 16.3. The van der Waals surface area contributed by atoms with Crippen LogP contribution in [0.4, 0.5) is 0 Å². The Morgan fingerprint density at radius 3 is 2.68 bits per heavy atom. The summed E-state index contributed by atoms with van der Waals surface area (Å²) in [4.78, 5) is 5.11. The molecule has 0 amide bonds. The number of phenols is 1. The first-order valence-corrected chi connectivity index (χ1v) is 8.63. The van der Waals surface area contributed by atoms with E-state index in [4.69, 9.17) is 0 Å². The molecule has 2 fully saturated rings. The lowest BCUT2D eigenvalue weighted by molar-refractivity contribution is 0.0267. The van der Waals surface area contributed by atoms with Crippen molar-refractivity contribution in [2.24, 2.45) is 0 Å². The Kier molecular flexibility index (Phi) is 5.34. The molecule has 1 heterocycles. The van der Waals surface area contributed by atoms with Crippen molar-refractivity contribution in [1.82, 2.24) is 9.80 Å². The number of rotatable bonds is 5. The maximum Gasteiger partial charge on any atom is 0.115 e. The minimum atomic E-state index is 0.272. The molecule has 1 aliphatic heterocycles. The molecule has 3 rings (SSSR count). The second-order valence-electron chi connectivity index (χ2n) is 6.75. The van der Waals surface area contributed by atoms with Crippen molar-refractivity contribution in [2.75, 3.05) is 26.2 Å². The number of nitrogens with zero attached hydrogens (tertiary/aromatic N) is 2. The molecule has 1 aliphatic carbocycles. The summed E-state index contributed by atoms with van der Waals surface area (Å²) in [5, 5.41) is 19.0. The van der Waals surface area contributed by atoms with Crippen molar-refractivity contribution in [3.8, 4) is 5.75 Å². The minimum Gasteiger partial charge on any atom is -0.508 e. The second-order valence-corrected chi connectivity index (χ2v) is 6.75. The van der Waals surface area contributed by atoms with Crippen LogP contribution in [0.2, 0.25) is 0 Å². The van der Waals surface area contributed by atoms with Gasteiger partial charge in [0, 0.05) is 44.9 Å².